The van der Waals surface area contributed by atoms with E-state index in [1.807, 2.05) is 20.8 Å². The van der Waals surface area contributed by atoms with Crippen LogP contribution in [0.1, 0.15) is 60.9 Å². The molecule has 2 aromatic rings. The van der Waals surface area contributed by atoms with Gasteiger partial charge in [0.1, 0.15) is 24.3 Å². The van der Waals surface area contributed by atoms with E-state index in [1.54, 1.807) is 12.1 Å². The molecule has 9 heteroatoms. The van der Waals surface area contributed by atoms with E-state index in [-0.39, 0.29) is 23.8 Å². The van der Waals surface area contributed by atoms with Crippen LogP contribution in [0.25, 0.3) is 0 Å². The third kappa shape index (κ3) is 3.84. The standard InChI is InChI=1S/C22H28FN3O5/c1-6-9-22(13-10-12(23)7-8-14(13)25-20(22)30-11-27)17-15(19(28)29-5)26-18(31-17)16(24)21(2,3)4/h6-8,10,16,20,25,27H,1,9,11,24H2,2-5H3/t16-,20-,22-/m1/s1. The van der Waals surface area contributed by atoms with Gasteiger partial charge in [0.25, 0.3) is 0 Å². The van der Waals surface area contributed by atoms with Crippen molar-refractivity contribution in [3.05, 3.63) is 59.6 Å². The number of oxazole rings is 1. The van der Waals surface area contributed by atoms with Crippen molar-refractivity contribution >= 4 is 11.7 Å². The number of methoxy groups -OCH3 is 1. The van der Waals surface area contributed by atoms with Crippen LogP contribution in [0.5, 0.6) is 0 Å². The zero-order valence-electron chi connectivity index (χ0n) is 18.1. The first-order valence-electron chi connectivity index (χ1n) is 9.85. The molecule has 0 radical (unpaired) electrons. The molecule has 3 rings (SSSR count). The molecule has 0 spiro atoms. The SMILES string of the molecule is C=CC[C@]1(c2oc([C@@H](N)C(C)(C)C)nc2C(=O)OC)c2cc(F)ccc2N[C@@H]1OCO. The van der Waals surface area contributed by atoms with Crippen molar-refractivity contribution in [2.24, 2.45) is 11.1 Å². The number of fused-ring (bicyclic) bond motifs is 1. The lowest BCUT2D eigenvalue weighted by Gasteiger charge is -2.33. The van der Waals surface area contributed by atoms with Gasteiger partial charge >= 0.3 is 5.97 Å². The first-order valence-corrected chi connectivity index (χ1v) is 9.85. The van der Waals surface area contributed by atoms with Gasteiger partial charge in [0.05, 0.1) is 13.2 Å². The number of nitrogens with one attached hydrogen (secondary N) is 1. The highest BCUT2D eigenvalue weighted by atomic mass is 19.1. The van der Waals surface area contributed by atoms with Crippen LogP contribution in [0.3, 0.4) is 0 Å². The predicted octanol–water partition coefficient (Wildman–Crippen LogP) is 3.23. The van der Waals surface area contributed by atoms with Crippen LogP contribution in [-0.2, 0) is 14.9 Å². The number of esters is 1. The lowest BCUT2D eigenvalue weighted by Crippen LogP contribution is -2.42. The zero-order valence-corrected chi connectivity index (χ0v) is 18.1. The number of nitrogens with two attached hydrogens (primary N) is 1. The number of rotatable bonds is 7. The number of aliphatic hydroxyl groups excluding tert-OH is 1. The summed E-state index contributed by atoms with van der Waals surface area (Å²) in [5.41, 5.74) is 5.62. The second-order valence-corrected chi connectivity index (χ2v) is 8.54. The van der Waals surface area contributed by atoms with Crippen molar-refractivity contribution in [3.8, 4) is 0 Å². The maximum atomic E-state index is 14.3. The summed E-state index contributed by atoms with van der Waals surface area (Å²) in [5.74, 6) is -0.977. The number of benzene rings is 1. The Bertz CT molecular complexity index is 984. The Morgan fingerprint density at radius 2 is 2.23 bits per heavy atom. The number of ether oxygens (including phenoxy) is 2. The van der Waals surface area contributed by atoms with Crippen molar-refractivity contribution in [1.82, 2.24) is 4.98 Å². The number of aliphatic hydroxyl groups is 1. The second-order valence-electron chi connectivity index (χ2n) is 8.54. The van der Waals surface area contributed by atoms with E-state index in [2.05, 4.69) is 16.9 Å². The first-order chi connectivity index (χ1) is 14.6. The third-order valence-corrected chi connectivity index (χ3v) is 5.53. The number of allylic oxidation sites excluding steroid dienone is 1. The molecule has 2 heterocycles. The summed E-state index contributed by atoms with van der Waals surface area (Å²) in [6.07, 6.45) is 0.884. The van der Waals surface area contributed by atoms with Crippen LogP contribution in [0.15, 0.2) is 35.3 Å². The van der Waals surface area contributed by atoms with Crippen LogP contribution in [0.2, 0.25) is 0 Å². The topological polar surface area (TPSA) is 120 Å². The fourth-order valence-corrected chi connectivity index (χ4v) is 3.83. The lowest BCUT2D eigenvalue weighted by atomic mass is 9.74. The number of carbonyl (C=O) groups is 1. The van der Waals surface area contributed by atoms with Crippen molar-refractivity contribution in [2.45, 2.75) is 44.9 Å². The Labute approximate surface area is 180 Å². The summed E-state index contributed by atoms with van der Waals surface area (Å²) < 4.78 is 30.9. The van der Waals surface area contributed by atoms with Gasteiger partial charge in [-0.15, -0.1) is 6.58 Å². The lowest BCUT2D eigenvalue weighted by molar-refractivity contribution is -0.0616. The maximum Gasteiger partial charge on any atom is 0.360 e. The molecular weight excluding hydrogens is 405 g/mol. The summed E-state index contributed by atoms with van der Waals surface area (Å²) in [6, 6.07) is 3.55. The van der Waals surface area contributed by atoms with Gasteiger partial charge in [0.15, 0.2) is 11.5 Å². The molecule has 0 aliphatic carbocycles. The van der Waals surface area contributed by atoms with Gasteiger partial charge in [-0.05, 0) is 35.6 Å². The minimum absolute atomic E-state index is 0.0931. The molecule has 0 bridgehead atoms. The van der Waals surface area contributed by atoms with Crippen LogP contribution >= 0.6 is 0 Å². The Hall–Kier alpha value is -2.75. The molecule has 168 valence electrons. The summed E-state index contributed by atoms with van der Waals surface area (Å²) in [7, 11) is 1.23. The van der Waals surface area contributed by atoms with Crippen LogP contribution in [-0.4, -0.2) is 36.2 Å². The molecule has 0 saturated carbocycles. The van der Waals surface area contributed by atoms with Crippen LogP contribution < -0.4 is 11.1 Å². The molecule has 0 amide bonds. The van der Waals surface area contributed by atoms with Gasteiger partial charge in [-0.3, -0.25) is 0 Å². The Balaban J connectivity index is 2.34. The average molecular weight is 433 g/mol. The van der Waals surface area contributed by atoms with Crippen LogP contribution in [0.4, 0.5) is 10.1 Å². The van der Waals surface area contributed by atoms with Crippen LogP contribution in [0, 0.1) is 11.2 Å². The van der Waals surface area contributed by atoms with E-state index in [0.717, 1.165) is 0 Å². The third-order valence-electron chi connectivity index (χ3n) is 5.53. The van der Waals surface area contributed by atoms with E-state index >= 15 is 0 Å². The van der Waals surface area contributed by atoms with Gasteiger partial charge in [-0.1, -0.05) is 26.8 Å². The smallest absolute Gasteiger partial charge is 0.360 e. The first kappa shape index (κ1) is 22.9. The van der Waals surface area contributed by atoms with E-state index < -0.39 is 41.7 Å². The summed E-state index contributed by atoms with van der Waals surface area (Å²) in [5, 5.41) is 12.6. The average Bonchev–Trinajstić information content (AvgIpc) is 3.28. The highest BCUT2D eigenvalue weighted by molar-refractivity contribution is 5.89. The van der Waals surface area contributed by atoms with Gasteiger partial charge < -0.3 is 30.0 Å². The maximum absolute atomic E-state index is 14.3. The number of hydrogen-bond donors (Lipinski definition) is 3. The number of anilines is 1. The molecular formula is C22H28FN3O5. The molecule has 8 nitrogen and oxygen atoms in total. The second kappa shape index (κ2) is 8.41. The van der Waals surface area contributed by atoms with Crippen molar-refractivity contribution < 1.29 is 28.2 Å². The molecule has 1 aliphatic rings. The Morgan fingerprint density at radius 3 is 2.81 bits per heavy atom. The van der Waals surface area contributed by atoms with E-state index in [9.17, 15) is 14.3 Å². The molecule has 0 saturated heterocycles. The Morgan fingerprint density at radius 1 is 1.52 bits per heavy atom. The van der Waals surface area contributed by atoms with Crippen molar-refractivity contribution in [3.63, 3.8) is 0 Å². The van der Waals surface area contributed by atoms with Crippen molar-refractivity contribution in [1.29, 1.82) is 0 Å². The Kier molecular flexibility index (Phi) is 6.22. The minimum atomic E-state index is -1.26. The monoisotopic (exact) mass is 433 g/mol. The number of aromatic nitrogens is 1. The molecule has 4 N–H and O–H groups in total. The minimum Gasteiger partial charge on any atom is -0.464 e. The molecule has 1 aromatic heterocycles. The van der Waals surface area contributed by atoms with E-state index in [0.29, 0.717) is 11.3 Å². The van der Waals surface area contributed by atoms with Gasteiger partial charge in [0.2, 0.25) is 5.89 Å². The van der Waals surface area contributed by atoms with E-state index in [1.165, 1.54) is 19.2 Å². The largest absolute Gasteiger partial charge is 0.464 e. The van der Waals surface area contributed by atoms with Gasteiger partial charge in [0, 0.05) is 5.69 Å². The van der Waals surface area contributed by atoms with Gasteiger partial charge in [-0.25, -0.2) is 14.2 Å². The highest BCUT2D eigenvalue weighted by Crippen LogP contribution is 2.51. The molecule has 0 fully saturated rings. The molecule has 1 aromatic carbocycles. The number of carbonyl (C=O) groups excluding carboxylic acids is 1. The number of halogens is 1. The number of nitrogens with zero attached hydrogens (tertiary/aromatic N) is 1. The number of hydrogen-bond acceptors (Lipinski definition) is 8. The molecule has 31 heavy (non-hydrogen) atoms. The molecule has 0 unspecified atom stereocenters. The zero-order chi connectivity index (χ0) is 23.0. The predicted molar refractivity (Wildman–Crippen MR) is 112 cm³/mol. The molecule has 1 aliphatic heterocycles. The van der Waals surface area contributed by atoms with Crippen molar-refractivity contribution in [2.75, 3.05) is 19.2 Å². The quantitative estimate of drug-likeness (QED) is 0.346. The highest BCUT2D eigenvalue weighted by Gasteiger charge is 2.54. The summed E-state index contributed by atoms with van der Waals surface area (Å²) >= 11 is 0. The van der Waals surface area contributed by atoms with E-state index in [4.69, 9.17) is 19.6 Å². The van der Waals surface area contributed by atoms with Gasteiger partial charge in [-0.2, -0.15) is 0 Å². The summed E-state index contributed by atoms with van der Waals surface area (Å²) in [6.45, 7) is 8.94. The fraction of sp³-hybridized carbons (Fsp3) is 0.455. The molecule has 3 atom stereocenters. The fourth-order valence-electron chi connectivity index (χ4n) is 3.83. The normalized spacial score (nSPS) is 21.3. The summed E-state index contributed by atoms with van der Waals surface area (Å²) in [4.78, 5) is 17.0.